The summed E-state index contributed by atoms with van der Waals surface area (Å²) in [5, 5.41) is 12.4. The Morgan fingerprint density at radius 3 is 2.89 bits per heavy atom. The van der Waals surface area contributed by atoms with Crippen LogP contribution >= 0.6 is 11.6 Å². The highest BCUT2D eigenvalue weighted by molar-refractivity contribution is 6.34. The fourth-order valence-corrected chi connectivity index (χ4v) is 1.57. The molecular formula is C12H10ClN3O2. The van der Waals surface area contributed by atoms with Gasteiger partial charge in [0, 0.05) is 11.9 Å². The molecule has 0 aliphatic heterocycles. The van der Waals surface area contributed by atoms with E-state index < -0.39 is 5.91 Å². The summed E-state index contributed by atoms with van der Waals surface area (Å²) in [5.41, 5.74) is 6.58. The number of nitrogens with zero attached hydrogens (tertiary/aromatic N) is 1. The standard InChI is InChI=1S/C12H10ClN3O2/c13-9-2-1-7(14)5-10(9)16-12(18)8-3-4-15-6-11(8)17/h1-6,17H,14H2,(H,16,18). The molecule has 0 saturated carbocycles. The molecule has 0 aliphatic carbocycles. The van der Waals surface area contributed by atoms with Crippen molar-refractivity contribution in [2.24, 2.45) is 0 Å². The van der Waals surface area contributed by atoms with Crippen LogP contribution in [0.4, 0.5) is 11.4 Å². The smallest absolute Gasteiger partial charge is 0.259 e. The van der Waals surface area contributed by atoms with Crippen LogP contribution in [0.15, 0.2) is 36.7 Å². The maximum Gasteiger partial charge on any atom is 0.259 e. The summed E-state index contributed by atoms with van der Waals surface area (Å²) in [7, 11) is 0. The Hall–Kier alpha value is -2.27. The third-order valence-electron chi connectivity index (χ3n) is 2.28. The lowest BCUT2D eigenvalue weighted by Crippen LogP contribution is -2.12. The van der Waals surface area contributed by atoms with Crippen molar-refractivity contribution < 1.29 is 9.90 Å². The molecule has 92 valence electrons. The Kier molecular flexibility index (Phi) is 3.34. The summed E-state index contributed by atoms with van der Waals surface area (Å²) in [6.45, 7) is 0. The Bertz CT molecular complexity index is 602. The largest absolute Gasteiger partial charge is 0.505 e. The molecule has 0 unspecified atom stereocenters. The molecule has 2 rings (SSSR count). The van der Waals surface area contributed by atoms with Gasteiger partial charge in [0.25, 0.3) is 5.91 Å². The van der Waals surface area contributed by atoms with Crippen LogP contribution in [0.1, 0.15) is 10.4 Å². The number of rotatable bonds is 2. The summed E-state index contributed by atoms with van der Waals surface area (Å²) in [5.74, 6) is -0.683. The number of pyridine rings is 1. The quantitative estimate of drug-likeness (QED) is 0.725. The Labute approximate surface area is 108 Å². The lowest BCUT2D eigenvalue weighted by molar-refractivity contribution is 0.102. The molecule has 0 fully saturated rings. The first-order valence-corrected chi connectivity index (χ1v) is 5.45. The minimum atomic E-state index is -0.484. The summed E-state index contributed by atoms with van der Waals surface area (Å²) in [6, 6.07) is 6.16. The Balaban J connectivity index is 2.27. The zero-order valence-corrected chi connectivity index (χ0v) is 9.98. The second kappa shape index (κ2) is 4.93. The van der Waals surface area contributed by atoms with Crippen LogP contribution in [-0.4, -0.2) is 16.0 Å². The van der Waals surface area contributed by atoms with Crippen molar-refractivity contribution in [3.63, 3.8) is 0 Å². The molecule has 2 aromatic rings. The number of nitrogens with two attached hydrogens (primary N) is 1. The first kappa shape index (κ1) is 12.2. The maximum atomic E-state index is 11.9. The van der Waals surface area contributed by atoms with Gasteiger partial charge in [-0.25, -0.2) is 0 Å². The van der Waals surface area contributed by atoms with Crippen LogP contribution in [-0.2, 0) is 0 Å². The van der Waals surface area contributed by atoms with Gasteiger partial charge in [-0.2, -0.15) is 0 Å². The molecule has 0 atom stereocenters. The third kappa shape index (κ3) is 2.52. The minimum absolute atomic E-state index is 0.114. The van der Waals surface area contributed by atoms with Gasteiger partial charge in [-0.05, 0) is 24.3 Å². The van der Waals surface area contributed by atoms with Gasteiger partial charge in [-0.1, -0.05) is 11.6 Å². The van der Waals surface area contributed by atoms with Crippen molar-refractivity contribution in [3.8, 4) is 5.75 Å². The van der Waals surface area contributed by atoms with Crippen molar-refractivity contribution >= 4 is 28.9 Å². The van der Waals surface area contributed by atoms with Gasteiger partial charge in [0.15, 0.2) is 0 Å². The molecule has 1 aromatic heterocycles. The summed E-state index contributed by atoms with van der Waals surface area (Å²) in [4.78, 5) is 15.6. The maximum absolute atomic E-state index is 11.9. The van der Waals surface area contributed by atoms with Gasteiger partial charge in [0.2, 0.25) is 0 Å². The molecule has 0 bridgehead atoms. The molecular weight excluding hydrogens is 254 g/mol. The van der Waals surface area contributed by atoms with Crippen LogP contribution in [0.3, 0.4) is 0 Å². The summed E-state index contributed by atoms with van der Waals surface area (Å²) in [6.07, 6.45) is 2.60. The van der Waals surface area contributed by atoms with Crippen LogP contribution in [0.2, 0.25) is 5.02 Å². The fourth-order valence-electron chi connectivity index (χ4n) is 1.41. The summed E-state index contributed by atoms with van der Waals surface area (Å²) >= 11 is 5.92. The minimum Gasteiger partial charge on any atom is -0.505 e. The predicted octanol–water partition coefficient (Wildman–Crippen LogP) is 2.28. The van der Waals surface area contributed by atoms with Gasteiger partial charge < -0.3 is 16.2 Å². The number of carbonyl (C=O) groups is 1. The molecule has 5 nitrogen and oxygen atoms in total. The highest BCUT2D eigenvalue weighted by atomic mass is 35.5. The van der Waals surface area contributed by atoms with Crippen molar-refractivity contribution in [2.45, 2.75) is 0 Å². The van der Waals surface area contributed by atoms with E-state index in [4.69, 9.17) is 17.3 Å². The lowest BCUT2D eigenvalue weighted by Gasteiger charge is -2.08. The number of hydrogen-bond acceptors (Lipinski definition) is 4. The van der Waals surface area contributed by atoms with Crippen molar-refractivity contribution in [1.29, 1.82) is 0 Å². The van der Waals surface area contributed by atoms with E-state index in [9.17, 15) is 9.90 Å². The van der Waals surface area contributed by atoms with Crippen molar-refractivity contribution in [1.82, 2.24) is 4.98 Å². The van der Waals surface area contributed by atoms with Gasteiger partial charge in [0.1, 0.15) is 5.75 Å². The first-order valence-electron chi connectivity index (χ1n) is 5.07. The van der Waals surface area contributed by atoms with Crippen LogP contribution in [0, 0.1) is 0 Å². The second-order valence-corrected chi connectivity index (χ2v) is 3.99. The first-order chi connectivity index (χ1) is 8.58. The molecule has 0 radical (unpaired) electrons. The zero-order valence-electron chi connectivity index (χ0n) is 9.22. The number of amides is 1. The number of benzene rings is 1. The topological polar surface area (TPSA) is 88.2 Å². The van der Waals surface area contributed by atoms with Crippen LogP contribution in [0.25, 0.3) is 0 Å². The third-order valence-corrected chi connectivity index (χ3v) is 2.61. The molecule has 0 spiro atoms. The number of hydrogen-bond donors (Lipinski definition) is 3. The zero-order chi connectivity index (χ0) is 13.1. The Morgan fingerprint density at radius 2 is 2.17 bits per heavy atom. The van der Waals surface area contributed by atoms with E-state index >= 15 is 0 Å². The van der Waals surface area contributed by atoms with E-state index in [-0.39, 0.29) is 11.3 Å². The number of nitrogens with one attached hydrogen (secondary N) is 1. The number of aromatic nitrogens is 1. The van der Waals surface area contributed by atoms with E-state index in [0.717, 1.165) is 0 Å². The second-order valence-electron chi connectivity index (χ2n) is 3.59. The molecule has 18 heavy (non-hydrogen) atoms. The summed E-state index contributed by atoms with van der Waals surface area (Å²) < 4.78 is 0. The SMILES string of the molecule is Nc1ccc(Cl)c(NC(=O)c2ccncc2O)c1. The molecule has 1 heterocycles. The van der Waals surface area contributed by atoms with E-state index in [0.29, 0.717) is 16.4 Å². The van der Waals surface area contributed by atoms with E-state index in [2.05, 4.69) is 10.3 Å². The van der Waals surface area contributed by atoms with E-state index in [1.807, 2.05) is 0 Å². The lowest BCUT2D eigenvalue weighted by atomic mass is 10.2. The predicted molar refractivity (Wildman–Crippen MR) is 69.7 cm³/mol. The normalized spacial score (nSPS) is 10.1. The average molecular weight is 264 g/mol. The molecule has 6 heteroatoms. The molecule has 0 aliphatic rings. The molecule has 1 amide bonds. The van der Waals surface area contributed by atoms with Gasteiger partial charge in [-0.15, -0.1) is 0 Å². The van der Waals surface area contributed by atoms with Crippen molar-refractivity contribution in [2.75, 3.05) is 11.1 Å². The highest BCUT2D eigenvalue weighted by Crippen LogP contribution is 2.25. The fraction of sp³-hybridized carbons (Fsp3) is 0. The number of halogens is 1. The number of carbonyl (C=O) groups excluding carboxylic acids is 1. The highest BCUT2D eigenvalue weighted by Gasteiger charge is 2.12. The van der Waals surface area contributed by atoms with Crippen LogP contribution in [0.5, 0.6) is 5.75 Å². The monoisotopic (exact) mass is 263 g/mol. The van der Waals surface area contributed by atoms with Gasteiger partial charge >= 0.3 is 0 Å². The number of aromatic hydroxyl groups is 1. The number of anilines is 2. The van der Waals surface area contributed by atoms with Crippen LogP contribution < -0.4 is 11.1 Å². The molecule has 0 saturated heterocycles. The van der Waals surface area contributed by atoms with Gasteiger partial charge in [-0.3, -0.25) is 9.78 Å². The molecule has 1 aromatic carbocycles. The van der Waals surface area contributed by atoms with E-state index in [1.165, 1.54) is 18.5 Å². The Morgan fingerprint density at radius 1 is 1.39 bits per heavy atom. The van der Waals surface area contributed by atoms with E-state index in [1.54, 1.807) is 18.2 Å². The van der Waals surface area contributed by atoms with Crippen molar-refractivity contribution in [3.05, 3.63) is 47.2 Å². The van der Waals surface area contributed by atoms with Gasteiger partial charge in [0.05, 0.1) is 22.5 Å². The number of nitrogen functional groups attached to an aromatic ring is 1. The average Bonchev–Trinajstić information content (AvgIpc) is 2.34. The molecule has 4 N–H and O–H groups in total.